The molecule has 0 heterocycles. The molecule has 0 spiro atoms. The van der Waals surface area contributed by atoms with Crippen LogP contribution in [0.25, 0.3) is 0 Å². The number of nitrogens with two attached hydrogens (primary N) is 2. The molecule has 2 amide bonds. The Morgan fingerprint density at radius 1 is 0.944 bits per heavy atom. The summed E-state index contributed by atoms with van der Waals surface area (Å²) in [5.74, 6) is 4.36. The molecule has 0 saturated heterocycles. The van der Waals surface area contributed by atoms with Crippen LogP contribution in [0.5, 0.6) is 0 Å². The second-order valence-electron chi connectivity index (χ2n) is 3.50. The van der Waals surface area contributed by atoms with Crippen molar-refractivity contribution in [1.82, 2.24) is 10.7 Å². The van der Waals surface area contributed by atoms with Gasteiger partial charge in [-0.2, -0.15) is 0 Å². The maximum absolute atomic E-state index is 11.1. The zero-order valence-electron chi connectivity index (χ0n) is 10.4. The lowest BCUT2D eigenvalue weighted by atomic mass is 10.3. The fourth-order valence-electron chi connectivity index (χ4n) is 1.04. The highest BCUT2D eigenvalue weighted by molar-refractivity contribution is 5.82. The van der Waals surface area contributed by atoms with Crippen molar-refractivity contribution in [3.63, 3.8) is 0 Å². The number of rotatable bonds is 12. The molecule has 6 N–H and O–H groups in total. The number of ether oxygens (including phenoxy) is 2. The van der Waals surface area contributed by atoms with Crippen LogP contribution in [0.4, 0.5) is 0 Å². The van der Waals surface area contributed by atoms with Crippen LogP contribution in [-0.4, -0.2) is 51.3 Å². The minimum atomic E-state index is -0.481. The Labute approximate surface area is 106 Å². The minimum absolute atomic E-state index is 0.0652. The molecule has 8 nitrogen and oxygen atoms in total. The summed E-state index contributed by atoms with van der Waals surface area (Å²) in [6.07, 6.45) is 0.181. The zero-order chi connectivity index (χ0) is 13.6. The van der Waals surface area contributed by atoms with E-state index in [2.05, 4.69) is 10.7 Å². The highest BCUT2D eigenvalue weighted by atomic mass is 16.5. The van der Waals surface area contributed by atoms with Gasteiger partial charge in [0.05, 0.1) is 26.4 Å². The highest BCUT2D eigenvalue weighted by Gasteiger charge is 2.02. The molecule has 0 aliphatic heterocycles. The first-order chi connectivity index (χ1) is 8.66. The first kappa shape index (κ1) is 16.8. The Bertz CT molecular complexity index is 238. The third-order valence-corrected chi connectivity index (χ3v) is 1.93. The molecule has 0 radical (unpaired) electrons. The number of primary amides is 1. The van der Waals surface area contributed by atoms with Gasteiger partial charge in [0.1, 0.15) is 0 Å². The average molecular weight is 262 g/mol. The summed E-state index contributed by atoms with van der Waals surface area (Å²) >= 11 is 0. The van der Waals surface area contributed by atoms with E-state index in [4.69, 9.17) is 21.1 Å². The van der Waals surface area contributed by atoms with Crippen LogP contribution in [0.2, 0.25) is 0 Å². The van der Waals surface area contributed by atoms with Crippen molar-refractivity contribution in [3.05, 3.63) is 0 Å². The van der Waals surface area contributed by atoms with Gasteiger partial charge in [-0.25, -0.2) is 0 Å². The molecule has 0 aliphatic carbocycles. The van der Waals surface area contributed by atoms with Crippen LogP contribution in [-0.2, 0) is 19.1 Å². The number of nitrogens with one attached hydrogen (secondary N) is 2. The summed E-state index contributed by atoms with van der Waals surface area (Å²) in [7, 11) is 0. The van der Waals surface area contributed by atoms with Gasteiger partial charge in [0.2, 0.25) is 11.8 Å². The summed E-state index contributed by atoms with van der Waals surface area (Å²) in [4.78, 5) is 21.6. The van der Waals surface area contributed by atoms with E-state index < -0.39 is 5.91 Å². The molecule has 0 aromatic rings. The van der Waals surface area contributed by atoms with E-state index in [1.807, 2.05) is 0 Å². The van der Waals surface area contributed by atoms with Gasteiger partial charge in [-0.05, 0) is 0 Å². The Balaban J connectivity index is 3.15. The SMILES string of the molecule is NNCCOCCOCCNC(=O)CCC(N)=O. The standard InChI is InChI=1S/C10H22N4O4/c11-9(15)1-2-10(16)13-3-5-17-7-8-18-6-4-14-12/h14H,1-8,12H2,(H2,11,15)(H,13,16). The predicted octanol–water partition coefficient (Wildman–Crippen LogP) is -2.14. The molecule has 0 saturated carbocycles. The quantitative estimate of drug-likeness (QED) is 0.180. The molecule has 8 heteroatoms. The van der Waals surface area contributed by atoms with Crippen molar-refractivity contribution < 1.29 is 19.1 Å². The summed E-state index contributed by atoms with van der Waals surface area (Å²) in [6.45, 7) is 2.88. The molecule has 0 aliphatic rings. The Morgan fingerprint density at radius 3 is 2.11 bits per heavy atom. The van der Waals surface area contributed by atoms with E-state index in [1.54, 1.807) is 0 Å². The lowest BCUT2D eigenvalue weighted by Crippen LogP contribution is -2.29. The van der Waals surface area contributed by atoms with Crippen molar-refractivity contribution in [2.75, 3.05) is 39.5 Å². The van der Waals surface area contributed by atoms with Gasteiger partial charge < -0.3 is 20.5 Å². The van der Waals surface area contributed by atoms with Gasteiger partial charge >= 0.3 is 0 Å². The number of carbonyl (C=O) groups excluding carboxylic acids is 2. The lowest BCUT2D eigenvalue weighted by molar-refractivity contribution is -0.125. The fourth-order valence-corrected chi connectivity index (χ4v) is 1.04. The van der Waals surface area contributed by atoms with Crippen LogP contribution >= 0.6 is 0 Å². The summed E-state index contributed by atoms with van der Waals surface area (Å²) in [6, 6.07) is 0. The Hall–Kier alpha value is -1.22. The van der Waals surface area contributed by atoms with Gasteiger partial charge in [0.15, 0.2) is 0 Å². The maximum atomic E-state index is 11.1. The minimum Gasteiger partial charge on any atom is -0.378 e. The van der Waals surface area contributed by atoms with Crippen LogP contribution in [0, 0.1) is 0 Å². The van der Waals surface area contributed by atoms with Crippen molar-refractivity contribution >= 4 is 11.8 Å². The second kappa shape index (κ2) is 12.2. The summed E-state index contributed by atoms with van der Waals surface area (Å²) < 4.78 is 10.4. The second-order valence-corrected chi connectivity index (χ2v) is 3.50. The zero-order valence-corrected chi connectivity index (χ0v) is 10.4. The molecule has 0 aromatic heterocycles. The molecule has 0 atom stereocenters. The van der Waals surface area contributed by atoms with E-state index in [9.17, 15) is 9.59 Å². The first-order valence-corrected chi connectivity index (χ1v) is 5.80. The molecule has 0 fully saturated rings. The molecule has 0 aromatic carbocycles. The molecular formula is C10H22N4O4. The van der Waals surface area contributed by atoms with Crippen LogP contribution in [0.1, 0.15) is 12.8 Å². The Morgan fingerprint density at radius 2 is 1.56 bits per heavy atom. The average Bonchev–Trinajstić information content (AvgIpc) is 2.34. The van der Waals surface area contributed by atoms with E-state index >= 15 is 0 Å². The van der Waals surface area contributed by atoms with E-state index in [0.29, 0.717) is 39.5 Å². The normalized spacial score (nSPS) is 10.3. The van der Waals surface area contributed by atoms with Crippen molar-refractivity contribution in [2.24, 2.45) is 11.6 Å². The van der Waals surface area contributed by atoms with Crippen LogP contribution in [0.15, 0.2) is 0 Å². The van der Waals surface area contributed by atoms with Gasteiger partial charge in [-0.1, -0.05) is 0 Å². The van der Waals surface area contributed by atoms with Crippen LogP contribution in [0.3, 0.4) is 0 Å². The molecule has 0 bridgehead atoms. The Kier molecular flexibility index (Phi) is 11.4. The third kappa shape index (κ3) is 12.8. The molecule has 0 rings (SSSR count). The van der Waals surface area contributed by atoms with Gasteiger partial charge in [-0.3, -0.25) is 20.9 Å². The third-order valence-electron chi connectivity index (χ3n) is 1.93. The molecular weight excluding hydrogens is 240 g/mol. The number of amides is 2. The summed E-state index contributed by atoms with van der Waals surface area (Å²) in [5, 5.41) is 2.61. The number of hydrazine groups is 1. The number of hydrogen-bond acceptors (Lipinski definition) is 6. The van der Waals surface area contributed by atoms with Crippen molar-refractivity contribution in [3.8, 4) is 0 Å². The first-order valence-electron chi connectivity index (χ1n) is 5.80. The van der Waals surface area contributed by atoms with Crippen molar-refractivity contribution in [2.45, 2.75) is 12.8 Å². The van der Waals surface area contributed by atoms with Crippen LogP contribution < -0.4 is 22.3 Å². The largest absolute Gasteiger partial charge is 0.378 e. The smallest absolute Gasteiger partial charge is 0.220 e. The monoisotopic (exact) mass is 262 g/mol. The molecule has 0 unspecified atom stereocenters. The van der Waals surface area contributed by atoms with E-state index in [0.717, 1.165) is 0 Å². The summed E-state index contributed by atoms with van der Waals surface area (Å²) in [5.41, 5.74) is 7.38. The highest BCUT2D eigenvalue weighted by Crippen LogP contribution is 1.86. The van der Waals surface area contributed by atoms with E-state index in [-0.39, 0.29) is 18.7 Å². The number of hydrogen-bond donors (Lipinski definition) is 4. The molecule has 106 valence electrons. The topological polar surface area (TPSA) is 129 Å². The maximum Gasteiger partial charge on any atom is 0.220 e. The molecule has 18 heavy (non-hydrogen) atoms. The van der Waals surface area contributed by atoms with Gasteiger partial charge in [0, 0.05) is 25.9 Å². The predicted molar refractivity (Wildman–Crippen MR) is 65.3 cm³/mol. The van der Waals surface area contributed by atoms with E-state index in [1.165, 1.54) is 0 Å². The lowest BCUT2D eigenvalue weighted by Gasteiger charge is -2.06. The van der Waals surface area contributed by atoms with Gasteiger partial charge in [0.25, 0.3) is 0 Å². The van der Waals surface area contributed by atoms with Gasteiger partial charge in [-0.15, -0.1) is 0 Å². The van der Waals surface area contributed by atoms with Crippen molar-refractivity contribution in [1.29, 1.82) is 0 Å². The fraction of sp³-hybridized carbons (Fsp3) is 0.800. The number of carbonyl (C=O) groups is 2.